The molecule has 1 fully saturated rings. The molecule has 2 heterocycles. The zero-order valence-electron chi connectivity index (χ0n) is 11.9. The molecule has 0 aliphatic carbocycles. The molecule has 2 aromatic rings. The molecule has 1 aliphatic heterocycles. The van der Waals surface area contributed by atoms with Crippen LogP contribution in [0.1, 0.15) is 12.0 Å². The van der Waals surface area contributed by atoms with Crippen molar-refractivity contribution in [2.75, 3.05) is 18.1 Å². The molecule has 22 heavy (non-hydrogen) atoms. The van der Waals surface area contributed by atoms with E-state index in [1.54, 1.807) is 18.0 Å². The molecule has 1 unspecified atom stereocenters. The second kappa shape index (κ2) is 6.36. The summed E-state index contributed by atoms with van der Waals surface area (Å²) >= 11 is 1.73. The molecule has 0 saturated carbocycles. The average molecular weight is 325 g/mol. The van der Waals surface area contributed by atoms with Crippen molar-refractivity contribution in [2.45, 2.75) is 18.6 Å². The van der Waals surface area contributed by atoms with Gasteiger partial charge in [0, 0.05) is 24.4 Å². The molecule has 3 rings (SSSR count). The predicted octanol–water partition coefficient (Wildman–Crippen LogP) is 2.31. The average Bonchev–Trinajstić information content (AvgIpc) is 3.09. The topological polar surface area (TPSA) is 60.9 Å². The Morgan fingerprint density at radius 1 is 1.36 bits per heavy atom. The highest BCUT2D eigenvalue weighted by Gasteiger charge is 2.31. The van der Waals surface area contributed by atoms with Gasteiger partial charge in [-0.05, 0) is 24.3 Å². The van der Waals surface area contributed by atoms with Crippen molar-refractivity contribution in [3.8, 4) is 11.3 Å². The number of nitrogens with zero attached hydrogens (tertiary/aromatic N) is 1. The summed E-state index contributed by atoms with van der Waals surface area (Å²) in [4.78, 5) is 0. The van der Waals surface area contributed by atoms with Crippen LogP contribution in [0.5, 0.6) is 0 Å². The van der Waals surface area contributed by atoms with Crippen molar-refractivity contribution in [1.82, 2.24) is 15.5 Å². The van der Waals surface area contributed by atoms with Crippen LogP contribution >= 0.6 is 11.8 Å². The summed E-state index contributed by atoms with van der Waals surface area (Å²) in [5, 5.41) is 20.0. The largest absolute Gasteiger partial charge is 0.388 e. The summed E-state index contributed by atoms with van der Waals surface area (Å²) < 4.78 is 27.7. The fourth-order valence-corrected chi connectivity index (χ4v) is 3.86. The summed E-state index contributed by atoms with van der Waals surface area (Å²) in [6, 6.07) is 3.76. The SMILES string of the molecule is OC1(CNCc2cn[nH]c2-c2c(F)cccc2F)CCSC1. The van der Waals surface area contributed by atoms with Gasteiger partial charge in [0.2, 0.25) is 0 Å². The smallest absolute Gasteiger partial charge is 0.135 e. The molecule has 118 valence electrons. The van der Waals surface area contributed by atoms with Gasteiger partial charge >= 0.3 is 0 Å². The molecule has 1 aromatic heterocycles. The van der Waals surface area contributed by atoms with Crippen LogP contribution in [-0.4, -0.2) is 39.0 Å². The van der Waals surface area contributed by atoms with E-state index in [1.165, 1.54) is 18.2 Å². The number of thioether (sulfide) groups is 1. The van der Waals surface area contributed by atoms with Gasteiger partial charge in [0.05, 0.1) is 23.1 Å². The third-order valence-corrected chi connectivity index (χ3v) is 5.02. The van der Waals surface area contributed by atoms with Crippen LogP contribution in [0.2, 0.25) is 0 Å². The number of hydrogen-bond acceptors (Lipinski definition) is 4. The first kappa shape index (κ1) is 15.5. The normalized spacial score (nSPS) is 21.4. The molecule has 4 nitrogen and oxygen atoms in total. The first-order valence-electron chi connectivity index (χ1n) is 7.06. The highest BCUT2D eigenvalue weighted by molar-refractivity contribution is 7.99. The molecule has 7 heteroatoms. The van der Waals surface area contributed by atoms with Crippen molar-refractivity contribution in [3.05, 3.63) is 41.6 Å². The molecule has 0 radical (unpaired) electrons. The zero-order valence-corrected chi connectivity index (χ0v) is 12.7. The van der Waals surface area contributed by atoms with Gasteiger partial charge in [0.25, 0.3) is 0 Å². The van der Waals surface area contributed by atoms with Crippen molar-refractivity contribution in [3.63, 3.8) is 0 Å². The van der Waals surface area contributed by atoms with E-state index in [0.29, 0.717) is 30.1 Å². The second-order valence-corrected chi connectivity index (χ2v) is 6.60. The van der Waals surface area contributed by atoms with Crippen molar-refractivity contribution in [2.24, 2.45) is 0 Å². The molecule has 1 aliphatic rings. The molecular formula is C15H17F2N3OS. The standard InChI is InChI=1S/C15H17F2N3OS/c16-11-2-1-3-12(17)13(11)14-10(7-19-20-14)6-18-8-15(21)4-5-22-9-15/h1-3,7,18,21H,4-6,8-9H2,(H,19,20). The molecule has 3 N–H and O–H groups in total. The maximum atomic E-state index is 13.9. The Bertz CT molecular complexity index is 636. The fourth-order valence-electron chi connectivity index (χ4n) is 2.56. The fraction of sp³-hybridized carbons (Fsp3) is 0.400. The van der Waals surface area contributed by atoms with Gasteiger partial charge < -0.3 is 10.4 Å². The third kappa shape index (κ3) is 3.16. The zero-order chi connectivity index (χ0) is 15.6. The van der Waals surface area contributed by atoms with E-state index in [1.807, 2.05) is 0 Å². The number of aliphatic hydroxyl groups is 1. The van der Waals surface area contributed by atoms with Gasteiger partial charge in [0.15, 0.2) is 0 Å². The number of H-pyrrole nitrogens is 1. The molecule has 0 bridgehead atoms. The number of nitrogens with one attached hydrogen (secondary N) is 2. The number of hydrogen-bond donors (Lipinski definition) is 3. The number of aromatic amines is 1. The lowest BCUT2D eigenvalue weighted by atomic mass is 10.0. The van der Waals surface area contributed by atoms with E-state index in [9.17, 15) is 13.9 Å². The Morgan fingerprint density at radius 2 is 2.14 bits per heavy atom. The number of rotatable bonds is 5. The van der Waals surface area contributed by atoms with E-state index in [4.69, 9.17) is 0 Å². The van der Waals surface area contributed by atoms with Crippen LogP contribution in [0.3, 0.4) is 0 Å². The van der Waals surface area contributed by atoms with E-state index in [0.717, 1.165) is 12.2 Å². The summed E-state index contributed by atoms with van der Waals surface area (Å²) in [7, 11) is 0. The van der Waals surface area contributed by atoms with Crippen LogP contribution in [0.4, 0.5) is 8.78 Å². The summed E-state index contributed by atoms with van der Waals surface area (Å²) in [6.45, 7) is 0.830. The van der Waals surface area contributed by atoms with Gasteiger partial charge in [-0.25, -0.2) is 8.78 Å². The Morgan fingerprint density at radius 3 is 2.82 bits per heavy atom. The van der Waals surface area contributed by atoms with Gasteiger partial charge in [-0.3, -0.25) is 5.10 Å². The van der Waals surface area contributed by atoms with Gasteiger partial charge in [-0.15, -0.1) is 0 Å². The lowest BCUT2D eigenvalue weighted by Gasteiger charge is -2.21. The Hall–Kier alpha value is -1.44. The molecule has 1 saturated heterocycles. The van der Waals surface area contributed by atoms with Gasteiger partial charge in [-0.1, -0.05) is 6.07 Å². The minimum atomic E-state index is -0.697. The van der Waals surface area contributed by atoms with Crippen LogP contribution in [0.15, 0.2) is 24.4 Å². The van der Waals surface area contributed by atoms with Crippen LogP contribution < -0.4 is 5.32 Å². The second-order valence-electron chi connectivity index (χ2n) is 5.50. The Labute approximate surface area is 131 Å². The molecule has 1 atom stereocenters. The van der Waals surface area contributed by atoms with Crippen LogP contribution in [-0.2, 0) is 6.54 Å². The minimum Gasteiger partial charge on any atom is -0.388 e. The lowest BCUT2D eigenvalue weighted by Crippen LogP contribution is -2.40. The molecular weight excluding hydrogens is 308 g/mol. The van der Waals surface area contributed by atoms with E-state index in [-0.39, 0.29) is 5.56 Å². The predicted molar refractivity (Wildman–Crippen MR) is 82.5 cm³/mol. The third-order valence-electron chi connectivity index (χ3n) is 3.78. The highest BCUT2D eigenvalue weighted by Crippen LogP contribution is 2.28. The van der Waals surface area contributed by atoms with Gasteiger partial charge in [-0.2, -0.15) is 16.9 Å². The van der Waals surface area contributed by atoms with Crippen LogP contribution in [0, 0.1) is 11.6 Å². The monoisotopic (exact) mass is 325 g/mol. The summed E-state index contributed by atoms with van der Waals surface area (Å²) in [5.74, 6) is 0.406. The lowest BCUT2D eigenvalue weighted by molar-refractivity contribution is 0.0675. The Kier molecular flexibility index (Phi) is 4.46. The maximum Gasteiger partial charge on any atom is 0.135 e. The number of halogens is 2. The summed E-state index contributed by atoms with van der Waals surface area (Å²) in [6.07, 6.45) is 2.30. The van der Waals surface area contributed by atoms with Gasteiger partial charge in [0.1, 0.15) is 11.6 Å². The molecule has 0 spiro atoms. The quantitative estimate of drug-likeness (QED) is 0.789. The minimum absolute atomic E-state index is 0.105. The van der Waals surface area contributed by atoms with E-state index in [2.05, 4.69) is 15.5 Å². The van der Waals surface area contributed by atoms with Crippen LogP contribution in [0.25, 0.3) is 11.3 Å². The summed E-state index contributed by atoms with van der Waals surface area (Å²) in [5.41, 5.74) is 0.193. The molecule has 1 aromatic carbocycles. The highest BCUT2D eigenvalue weighted by atomic mass is 32.2. The number of aromatic nitrogens is 2. The van der Waals surface area contributed by atoms with E-state index < -0.39 is 17.2 Å². The Balaban J connectivity index is 1.73. The van der Waals surface area contributed by atoms with Crippen molar-refractivity contribution < 1.29 is 13.9 Å². The van der Waals surface area contributed by atoms with Crippen molar-refractivity contribution >= 4 is 11.8 Å². The molecule has 0 amide bonds. The van der Waals surface area contributed by atoms with E-state index >= 15 is 0 Å². The first-order valence-corrected chi connectivity index (χ1v) is 8.22. The number of benzene rings is 1. The maximum absolute atomic E-state index is 13.9. The first-order chi connectivity index (χ1) is 10.6. The van der Waals surface area contributed by atoms with Crippen molar-refractivity contribution in [1.29, 1.82) is 0 Å².